The first kappa shape index (κ1) is 14.8. The van der Waals surface area contributed by atoms with Crippen LogP contribution >= 0.6 is 12.2 Å². The Balaban J connectivity index is 2.67. The standard InChI is InChI=1S/C12H14N4O2S/c1-3-6-13-12(19)15-14-8-10-5-4-9(2)11(7-10)16(17)18/h3-5,7-8H,1,6H2,2H3,(H2,13,15,19). The molecule has 1 aromatic carbocycles. The van der Waals surface area contributed by atoms with Gasteiger partial charge in [0.05, 0.1) is 11.1 Å². The van der Waals surface area contributed by atoms with Gasteiger partial charge in [0.15, 0.2) is 5.11 Å². The van der Waals surface area contributed by atoms with Crippen LogP contribution in [0.2, 0.25) is 0 Å². The summed E-state index contributed by atoms with van der Waals surface area (Å²) in [7, 11) is 0. The van der Waals surface area contributed by atoms with Crippen LogP contribution in [-0.4, -0.2) is 22.8 Å². The van der Waals surface area contributed by atoms with Gasteiger partial charge in [-0.25, -0.2) is 0 Å². The van der Waals surface area contributed by atoms with Crippen molar-refractivity contribution < 1.29 is 4.92 Å². The molecule has 0 saturated carbocycles. The molecule has 6 nitrogen and oxygen atoms in total. The van der Waals surface area contributed by atoms with Crippen molar-refractivity contribution in [2.24, 2.45) is 5.10 Å². The average molecular weight is 278 g/mol. The molecule has 19 heavy (non-hydrogen) atoms. The van der Waals surface area contributed by atoms with E-state index in [4.69, 9.17) is 12.2 Å². The average Bonchev–Trinajstić information content (AvgIpc) is 2.38. The van der Waals surface area contributed by atoms with Crippen LogP contribution in [0.4, 0.5) is 5.69 Å². The number of thiocarbonyl (C=S) groups is 1. The Morgan fingerprint density at radius 2 is 2.37 bits per heavy atom. The highest BCUT2D eigenvalue weighted by molar-refractivity contribution is 7.80. The van der Waals surface area contributed by atoms with E-state index in [-0.39, 0.29) is 5.69 Å². The Labute approximate surface area is 116 Å². The minimum atomic E-state index is -0.420. The molecular weight excluding hydrogens is 264 g/mol. The Hall–Kier alpha value is -2.28. The van der Waals surface area contributed by atoms with E-state index in [2.05, 4.69) is 22.4 Å². The Morgan fingerprint density at radius 1 is 1.63 bits per heavy atom. The Kier molecular flexibility index (Phi) is 5.62. The highest BCUT2D eigenvalue weighted by Gasteiger charge is 2.09. The van der Waals surface area contributed by atoms with Crippen LogP contribution in [0, 0.1) is 17.0 Å². The number of hydrazone groups is 1. The summed E-state index contributed by atoms with van der Waals surface area (Å²) in [6.45, 7) is 5.77. The predicted octanol–water partition coefficient (Wildman–Crippen LogP) is 1.89. The highest BCUT2D eigenvalue weighted by Crippen LogP contribution is 2.18. The molecule has 0 fully saturated rings. The van der Waals surface area contributed by atoms with E-state index in [1.165, 1.54) is 12.3 Å². The van der Waals surface area contributed by atoms with Crippen LogP contribution in [0.5, 0.6) is 0 Å². The number of rotatable bonds is 5. The van der Waals surface area contributed by atoms with Crippen LogP contribution < -0.4 is 10.7 Å². The zero-order valence-corrected chi connectivity index (χ0v) is 11.2. The molecule has 2 N–H and O–H groups in total. The van der Waals surface area contributed by atoms with Gasteiger partial charge in [-0.15, -0.1) is 6.58 Å². The molecule has 0 aliphatic rings. The van der Waals surface area contributed by atoms with E-state index in [0.29, 0.717) is 22.8 Å². The largest absolute Gasteiger partial charge is 0.358 e. The van der Waals surface area contributed by atoms with E-state index < -0.39 is 4.92 Å². The van der Waals surface area contributed by atoms with Crippen molar-refractivity contribution in [2.45, 2.75) is 6.92 Å². The summed E-state index contributed by atoms with van der Waals surface area (Å²) in [5, 5.41) is 17.9. The summed E-state index contributed by atoms with van der Waals surface area (Å²) in [5.41, 5.74) is 3.90. The van der Waals surface area contributed by atoms with Gasteiger partial charge in [0.1, 0.15) is 0 Å². The fraction of sp³-hybridized carbons (Fsp3) is 0.167. The summed E-state index contributed by atoms with van der Waals surface area (Å²) < 4.78 is 0. The molecule has 0 radical (unpaired) electrons. The lowest BCUT2D eigenvalue weighted by Crippen LogP contribution is -2.31. The molecule has 0 aliphatic carbocycles. The molecule has 100 valence electrons. The number of hydrogen-bond acceptors (Lipinski definition) is 4. The van der Waals surface area contributed by atoms with Crippen molar-refractivity contribution in [2.75, 3.05) is 6.54 Å². The number of aryl methyl sites for hydroxylation is 1. The second-order valence-electron chi connectivity index (χ2n) is 3.67. The molecule has 0 spiro atoms. The SMILES string of the molecule is C=CCNC(=S)NN=Cc1ccc(C)c([N+](=O)[O-])c1. The molecule has 0 atom stereocenters. The first-order chi connectivity index (χ1) is 9.04. The number of nitrogens with zero attached hydrogens (tertiary/aromatic N) is 2. The van der Waals surface area contributed by atoms with Crippen molar-refractivity contribution in [1.82, 2.24) is 10.7 Å². The maximum atomic E-state index is 10.8. The summed E-state index contributed by atoms with van der Waals surface area (Å²) >= 11 is 4.93. The smallest absolute Gasteiger partial charge is 0.272 e. The maximum absolute atomic E-state index is 10.8. The lowest BCUT2D eigenvalue weighted by molar-refractivity contribution is -0.385. The molecule has 1 aromatic rings. The van der Waals surface area contributed by atoms with Crippen LogP contribution in [0.25, 0.3) is 0 Å². The van der Waals surface area contributed by atoms with E-state index >= 15 is 0 Å². The third-order valence-corrected chi connectivity index (χ3v) is 2.45. The minimum absolute atomic E-state index is 0.0660. The fourth-order valence-corrected chi connectivity index (χ4v) is 1.41. The monoisotopic (exact) mass is 278 g/mol. The first-order valence-electron chi connectivity index (χ1n) is 5.47. The van der Waals surface area contributed by atoms with Gasteiger partial charge in [0.25, 0.3) is 5.69 Å². The molecular formula is C12H14N4O2S. The van der Waals surface area contributed by atoms with Gasteiger partial charge in [-0.3, -0.25) is 15.5 Å². The quantitative estimate of drug-likeness (QED) is 0.283. The van der Waals surface area contributed by atoms with E-state index in [0.717, 1.165) is 0 Å². The summed E-state index contributed by atoms with van der Waals surface area (Å²) in [6.07, 6.45) is 3.13. The third-order valence-electron chi connectivity index (χ3n) is 2.22. The number of benzene rings is 1. The number of nitrogens with one attached hydrogen (secondary N) is 2. The van der Waals surface area contributed by atoms with Crippen LogP contribution in [0.3, 0.4) is 0 Å². The van der Waals surface area contributed by atoms with Crippen molar-refractivity contribution in [3.05, 3.63) is 52.1 Å². The minimum Gasteiger partial charge on any atom is -0.358 e. The van der Waals surface area contributed by atoms with Gasteiger partial charge in [-0.2, -0.15) is 5.10 Å². The second-order valence-corrected chi connectivity index (χ2v) is 4.08. The summed E-state index contributed by atoms with van der Waals surface area (Å²) in [6, 6.07) is 4.88. The van der Waals surface area contributed by atoms with Crippen molar-refractivity contribution in [1.29, 1.82) is 0 Å². The molecule has 1 rings (SSSR count). The molecule has 0 heterocycles. The Morgan fingerprint density at radius 3 is 3.00 bits per heavy atom. The molecule has 0 amide bonds. The molecule has 0 aromatic heterocycles. The maximum Gasteiger partial charge on any atom is 0.272 e. The van der Waals surface area contributed by atoms with Gasteiger partial charge < -0.3 is 5.32 Å². The second kappa shape index (κ2) is 7.22. The molecule has 0 bridgehead atoms. The van der Waals surface area contributed by atoms with Gasteiger partial charge in [0.2, 0.25) is 0 Å². The van der Waals surface area contributed by atoms with Crippen LogP contribution in [0.1, 0.15) is 11.1 Å². The van der Waals surface area contributed by atoms with Gasteiger partial charge in [-0.05, 0) is 19.1 Å². The van der Waals surface area contributed by atoms with Gasteiger partial charge >= 0.3 is 0 Å². The van der Waals surface area contributed by atoms with Gasteiger partial charge in [0, 0.05) is 23.7 Å². The fourth-order valence-electron chi connectivity index (χ4n) is 1.27. The van der Waals surface area contributed by atoms with E-state index in [1.54, 1.807) is 25.1 Å². The summed E-state index contributed by atoms with van der Waals surface area (Å²) in [4.78, 5) is 10.4. The van der Waals surface area contributed by atoms with Crippen molar-refractivity contribution in [3.8, 4) is 0 Å². The number of hydrogen-bond donors (Lipinski definition) is 2. The number of nitro benzene ring substituents is 1. The van der Waals surface area contributed by atoms with Crippen LogP contribution in [0.15, 0.2) is 36.0 Å². The topological polar surface area (TPSA) is 79.6 Å². The molecule has 0 unspecified atom stereocenters. The van der Waals surface area contributed by atoms with E-state index in [9.17, 15) is 10.1 Å². The van der Waals surface area contributed by atoms with Crippen LogP contribution in [-0.2, 0) is 0 Å². The zero-order chi connectivity index (χ0) is 14.3. The van der Waals surface area contributed by atoms with E-state index in [1.807, 2.05) is 0 Å². The van der Waals surface area contributed by atoms with Gasteiger partial charge in [-0.1, -0.05) is 18.2 Å². The number of nitro groups is 1. The molecule has 7 heteroatoms. The third kappa shape index (κ3) is 4.84. The predicted molar refractivity (Wildman–Crippen MR) is 79.4 cm³/mol. The van der Waals surface area contributed by atoms with Crippen molar-refractivity contribution in [3.63, 3.8) is 0 Å². The summed E-state index contributed by atoms with van der Waals surface area (Å²) in [5.74, 6) is 0. The first-order valence-corrected chi connectivity index (χ1v) is 5.88. The normalized spacial score (nSPS) is 10.2. The molecule has 0 aliphatic heterocycles. The van der Waals surface area contributed by atoms with Crippen molar-refractivity contribution >= 4 is 29.2 Å². The zero-order valence-electron chi connectivity index (χ0n) is 10.4. The molecule has 0 saturated heterocycles. The lowest BCUT2D eigenvalue weighted by atomic mass is 10.1. The Bertz CT molecular complexity index is 528. The highest BCUT2D eigenvalue weighted by atomic mass is 32.1. The lowest BCUT2D eigenvalue weighted by Gasteiger charge is -2.03.